The number of carbonyl (C=O) groups is 2. The van der Waals surface area contributed by atoms with Gasteiger partial charge in [0.25, 0.3) is 0 Å². The molecule has 30 heavy (non-hydrogen) atoms. The number of fused-ring (bicyclic) bond motifs is 2. The highest BCUT2D eigenvalue weighted by Crippen LogP contribution is 2.33. The average Bonchev–Trinajstić information content (AvgIpc) is 2.75. The first-order chi connectivity index (χ1) is 14.5. The second-order valence-corrected chi connectivity index (χ2v) is 8.15. The fourth-order valence-corrected chi connectivity index (χ4v) is 4.45. The first-order valence-electron chi connectivity index (χ1n) is 10.4. The second kappa shape index (κ2) is 8.96. The lowest BCUT2D eigenvalue weighted by Gasteiger charge is -2.47. The number of hydrogen-bond donors (Lipinski definition) is 0. The number of piperidine rings is 1. The molecule has 1 amide bonds. The lowest BCUT2D eigenvalue weighted by molar-refractivity contribution is -0.130. The van der Waals surface area contributed by atoms with Gasteiger partial charge in [-0.25, -0.2) is 9.18 Å². The number of ketones is 1. The number of Topliss-reactive ketones (excluding diaryl/α,β-unsaturated/α-hetero) is 1. The molecule has 0 N–H and O–H groups in total. The lowest BCUT2D eigenvalue weighted by Crippen LogP contribution is -2.60. The Kier molecular flexibility index (Phi) is 6.13. The van der Waals surface area contributed by atoms with E-state index in [2.05, 4.69) is 0 Å². The Hall–Kier alpha value is -2.73. The third-order valence-electron chi connectivity index (χ3n) is 6.03. The van der Waals surface area contributed by atoms with Gasteiger partial charge in [0, 0.05) is 12.3 Å². The number of aryl methyl sites for hydroxylation is 1. The van der Waals surface area contributed by atoms with E-state index in [0.29, 0.717) is 37.2 Å². The van der Waals surface area contributed by atoms with Crippen molar-refractivity contribution in [2.45, 2.75) is 44.9 Å². The molecule has 2 saturated heterocycles. The van der Waals surface area contributed by atoms with Gasteiger partial charge in [0.1, 0.15) is 18.2 Å². The molecule has 4 rings (SSSR count). The van der Waals surface area contributed by atoms with Crippen molar-refractivity contribution in [1.82, 2.24) is 4.90 Å². The van der Waals surface area contributed by atoms with Crippen LogP contribution in [0, 0.1) is 18.7 Å². The monoisotopic (exact) mass is 411 g/mol. The van der Waals surface area contributed by atoms with Gasteiger partial charge >= 0.3 is 6.09 Å². The lowest BCUT2D eigenvalue weighted by atomic mass is 9.81. The van der Waals surface area contributed by atoms with Crippen LogP contribution in [0.1, 0.15) is 29.5 Å². The number of halogens is 1. The molecule has 0 radical (unpaired) electrons. The molecule has 2 fully saturated rings. The largest absolute Gasteiger partial charge is 0.445 e. The third-order valence-corrected chi connectivity index (χ3v) is 6.03. The van der Waals surface area contributed by atoms with Crippen LogP contribution >= 0.6 is 0 Å². The van der Waals surface area contributed by atoms with Crippen molar-refractivity contribution < 1.29 is 23.5 Å². The van der Waals surface area contributed by atoms with Gasteiger partial charge in [0.2, 0.25) is 0 Å². The van der Waals surface area contributed by atoms with Crippen LogP contribution in [0.2, 0.25) is 0 Å². The highest BCUT2D eigenvalue weighted by atomic mass is 19.1. The minimum Gasteiger partial charge on any atom is -0.445 e. The van der Waals surface area contributed by atoms with Gasteiger partial charge in [-0.1, -0.05) is 48.5 Å². The zero-order valence-corrected chi connectivity index (χ0v) is 17.1. The van der Waals surface area contributed by atoms with Gasteiger partial charge in [0.15, 0.2) is 0 Å². The fraction of sp³-hybridized carbons (Fsp3) is 0.417. The summed E-state index contributed by atoms with van der Waals surface area (Å²) in [5, 5.41) is 0. The van der Waals surface area contributed by atoms with Crippen molar-refractivity contribution in [1.29, 1.82) is 0 Å². The smallest absolute Gasteiger partial charge is 0.410 e. The van der Waals surface area contributed by atoms with Gasteiger partial charge in [0.05, 0.1) is 25.3 Å². The van der Waals surface area contributed by atoms with Crippen LogP contribution in [0.3, 0.4) is 0 Å². The predicted molar refractivity (Wildman–Crippen MR) is 109 cm³/mol. The third kappa shape index (κ3) is 4.38. The predicted octanol–water partition coefficient (Wildman–Crippen LogP) is 4.06. The first-order valence-corrected chi connectivity index (χ1v) is 10.4. The fourth-order valence-electron chi connectivity index (χ4n) is 4.45. The van der Waals surface area contributed by atoms with Gasteiger partial charge in [-0.15, -0.1) is 0 Å². The standard InChI is InChI=1S/C24H26FNO4/c1-16-6-5-9-18(23(16)25)12-22(27)19-10-20-14-29-15-21(11-19)26(20)24(28)30-13-17-7-3-2-4-8-17/h2-9,19-21H,10-15H2,1H3. The van der Waals surface area contributed by atoms with Crippen molar-refractivity contribution in [2.24, 2.45) is 5.92 Å². The maximum atomic E-state index is 14.3. The molecule has 0 saturated carbocycles. The summed E-state index contributed by atoms with van der Waals surface area (Å²) in [6.07, 6.45) is 0.747. The van der Waals surface area contributed by atoms with Gasteiger partial charge in [-0.2, -0.15) is 0 Å². The Morgan fingerprint density at radius 3 is 2.47 bits per heavy atom. The molecule has 0 spiro atoms. The van der Waals surface area contributed by atoms with E-state index in [9.17, 15) is 14.0 Å². The number of benzene rings is 2. The van der Waals surface area contributed by atoms with Crippen LogP contribution in [0.5, 0.6) is 0 Å². The van der Waals surface area contributed by atoms with Crippen LogP contribution < -0.4 is 0 Å². The molecule has 2 aliphatic rings. The van der Waals surface area contributed by atoms with E-state index >= 15 is 0 Å². The number of hydrogen-bond acceptors (Lipinski definition) is 4. The Bertz CT molecular complexity index is 903. The molecule has 2 heterocycles. The number of rotatable bonds is 5. The van der Waals surface area contributed by atoms with Crippen molar-refractivity contribution in [3.63, 3.8) is 0 Å². The summed E-state index contributed by atoms with van der Waals surface area (Å²) in [5.41, 5.74) is 1.91. The number of amides is 1. The van der Waals surface area contributed by atoms with Crippen molar-refractivity contribution in [2.75, 3.05) is 13.2 Å². The van der Waals surface area contributed by atoms with E-state index in [-0.39, 0.29) is 48.7 Å². The van der Waals surface area contributed by atoms with E-state index in [0.717, 1.165) is 5.56 Å². The maximum absolute atomic E-state index is 14.3. The molecule has 2 aromatic carbocycles. The molecular weight excluding hydrogens is 385 g/mol. The van der Waals surface area contributed by atoms with E-state index < -0.39 is 0 Å². The number of nitrogens with zero attached hydrogens (tertiary/aromatic N) is 1. The van der Waals surface area contributed by atoms with E-state index in [4.69, 9.17) is 9.47 Å². The summed E-state index contributed by atoms with van der Waals surface area (Å²) >= 11 is 0. The Morgan fingerprint density at radius 2 is 1.77 bits per heavy atom. The van der Waals surface area contributed by atoms with Crippen molar-refractivity contribution in [3.8, 4) is 0 Å². The molecule has 2 unspecified atom stereocenters. The molecular formula is C24H26FNO4. The second-order valence-electron chi connectivity index (χ2n) is 8.15. The van der Waals surface area contributed by atoms with Crippen LogP contribution in [0.25, 0.3) is 0 Å². The Morgan fingerprint density at radius 1 is 1.07 bits per heavy atom. The molecule has 2 bridgehead atoms. The molecule has 0 aromatic heterocycles. The topological polar surface area (TPSA) is 55.8 Å². The van der Waals surface area contributed by atoms with E-state index in [1.165, 1.54) is 0 Å². The summed E-state index contributed by atoms with van der Waals surface area (Å²) in [7, 11) is 0. The molecule has 5 nitrogen and oxygen atoms in total. The first kappa shape index (κ1) is 20.5. The van der Waals surface area contributed by atoms with Crippen LogP contribution in [0.15, 0.2) is 48.5 Å². The highest BCUT2D eigenvalue weighted by molar-refractivity contribution is 5.84. The van der Waals surface area contributed by atoms with Crippen molar-refractivity contribution in [3.05, 3.63) is 71.0 Å². The summed E-state index contributed by atoms with van der Waals surface area (Å²) in [4.78, 5) is 27.4. The van der Waals surface area contributed by atoms with E-state index in [1.54, 1.807) is 30.0 Å². The molecule has 2 aromatic rings. The normalized spacial score (nSPS) is 23.1. The highest BCUT2D eigenvalue weighted by Gasteiger charge is 2.44. The van der Waals surface area contributed by atoms with Gasteiger partial charge in [-0.3, -0.25) is 9.69 Å². The number of carbonyl (C=O) groups excluding carboxylic acids is 2. The maximum Gasteiger partial charge on any atom is 0.410 e. The van der Waals surface area contributed by atoms with E-state index in [1.807, 2.05) is 30.3 Å². The number of morpholine rings is 1. The molecule has 2 aliphatic heterocycles. The Labute approximate surface area is 175 Å². The molecule has 2 atom stereocenters. The van der Waals surface area contributed by atoms with Gasteiger partial charge in [-0.05, 0) is 36.5 Å². The van der Waals surface area contributed by atoms with Crippen LogP contribution in [0.4, 0.5) is 9.18 Å². The minimum atomic E-state index is -0.368. The van der Waals surface area contributed by atoms with Crippen LogP contribution in [-0.4, -0.2) is 42.1 Å². The zero-order chi connectivity index (χ0) is 21.1. The molecule has 0 aliphatic carbocycles. The molecule has 158 valence electrons. The summed E-state index contributed by atoms with van der Waals surface area (Å²) < 4.78 is 25.5. The Balaban J connectivity index is 1.39. The summed E-state index contributed by atoms with van der Waals surface area (Å²) in [5.74, 6) is -0.494. The number of ether oxygens (including phenoxy) is 2. The quantitative estimate of drug-likeness (QED) is 0.745. The van der Waals surface area contributed by atoms with Crippen molar-refractivity contribution >= 4 is 11.9 Å². The van der Waals surface area contributed by atoms with Gasteiger partial charge < -0.3 is 9.47 Å². The molecule has 6 heteroatoms. The zero-order valence-electron chi connectivity index (χ0n) is 17.1. The summed E-state index contributed by atoms with van der Waals surface area (Å²) in [6, 6.07) is 14.3. The minimum absolute atomic E-state index is 0.0219. The average molecular weight is 411 g/mol. The summed E-state index contributed by atoms with van der Waals surface area (Å²) in [6.45, 7) is 2.69. The van der Waals surface area contributed by atoms with Crippen LogP contribution in [-0.2, 0) is 27.3 Å². The SMILES string of the molecule is Cc1cccc(CC(=O)C2CC3COCC(C2)N3C(=O)OCc2ccccc2)c1F.